The third kappa shape index (κ3) is 2.55. The minimum atomic E-state index is -1.45. The van der Waals surface area contributed by atoms with Crippen molar-refractivity contribution in [3.63, 3.8) is 0 Å². The number of halogens is 3. The Balaban J connectivity index is 2.42. The van der Waals surface area contributed by atoms with Crippen LogP contribution in [0.15, 0.2) is 11.7 Å². The van der Waals surface area contributed by atoms with Gasteiger partial charge in [0.2, 0.25) is 0 Å². The Kier molecular flexibility index (Phi) is 3.49. The summed E-state index contributed by atoms with van der Waals surface area (Å²) in [5.41, 5.74) is 0.377. The third-order valence-electron chi connectivity index (χ3n) is 2.19. The van der Waals surface area contributed by atoms with Crippen LogP contribution in [-0.4, -0.2) is 5.33 Å². The molecule has 0 bridgehead atoms. The third-order valence-corrected chi connectivity index (χ3v) is 3.11. The molecule has 11 heavy (non-hydrogen) atoms. The molecule has 1 saturated carbocycles. The summed E-state index contributed by atoms with van der Waals surface area (Å²) in [6.07, 6.45) is 1.57. The Morgan fingerprint density at radius 3 is 2.27 bits per heavy atom. The maximum atomic E-state index is 12.0. The maximum Gasteiger partial charge on any atom is 0.269 e. The summed E-state index contributed by atoms with van der Waals surface area (Å²) >= 11 is 3.36. The van der Waals surface area contributed by atoms with Crippen LogP contribution in [0.4, 0.5) is 8.78 Å². The summed E-state index contributed by atoms with van der Waals surface area (Å²) in [6, 6.07) is 0. The molecule has 64 valence electrons. The van der Waals surface area contributed by atoms with Gasteiger partial charge in [0.1, 0.15) is 0 Å². The van der Waals surface area contributed by atoms with E-state index in [-0.39, 0.29) is 0 Å². The summed E-state index contributed by atoms with van der Waals surface area (Å²) in [4.78, 5) is 0. The average molecular weight is 225 g/mol. The summed E-state index contributed by atoms with van der Waals surface area (Å²) < 4.78 is 24.0. The molecule has 3 heteroatoms. The van der Waals surface area contributed by atoms with Crippen molar-refractivity contribution in [2.75, 3.05) is 5.33 Å². The molecule has 0 N–H and O–H groups in total. The predicted molar refractivity (Wildman–Crippen MR) is 45.0 cm³/mol. The summed E-state index contributed by atoms with van der Waals surface area (Å²) in [7, 11) is 0. The van der Waals surface area contributed by atoms with E-state index in [0.717, 1.165) is 18.2 Å². The first-order valence-electron chi connectivity index (χ1n) is 3.83. The van der Waals surface area contributed by atoms with Gasteiger partial charge in [0, 0.05) is 5.33 Å². The second kappa shape index (κ2) is 4.19. The van der Waals surface area contributed by atoms with Gasteiger partial charge in [-0.3, -0.25) is 0 Å². The van der Waals surface area contributed by atoms with Gasteiger partial charge in [-0.15, -0.1) is 0 Å². The molecule has 0 amide bonds. The molecule has 1 fully saturated rings. The lowest BCUT2D eigenvalue weighted by Crippen LogP contribution is -2.09. The Hall–Kier alpha value is 0.0800. The molecular formula is C8H11BrF2. The highest BCUT2D eigenvalue weighted by molar-refractivity contribution is 9.09. The van der Waals surface area contributed by atoms with E-state index in [0.29, 0.717) is 24.3 Å². The fourth-order valence-corrected chi connectivity index (χ4v) is 2.02. The van der Waals surface area contributed by atoms with E-state index >= 15 is 0 Å². The van der Waals surface area contributed by atoms with E-state index in [2.05, 4.69) is 15.9 Å². The van der Waals surface area contributed by atoms with E-state index in [1.807, 2.05) is 0 Å². The van der Waals surface area contributed by atoms with Gasteiger partial charge < -0.3 is 0 Å². The minimum Gasteiger partial charge on any atom is -0.173 e. The van der Waals surface area contributed by atoms with Gasteiger partial charge in [-0.2, -0.15) is 8.78 Å². The molecule has 0 spiro atoms. The van der Waals surface area contributed by atoms with Gasteiger partial charge in [0.25, 0.3) is 6.08 Å². The highest BCUT2D eigenvalue weighted by atomic mass is 79.9. The van der Waals surface area contributed by atoms with Gasteiger partial charge in [-0.1, -0.05) is 15.9 Å². The van der Waals surface area contributed by atoms with Gasteiger partial charge in [-0.25, -0.2) is 0 Å². The molecule has 0 atom stereocenters. The summed E-state index contributed by atoms with van der Waals surface area (Å²) in [5.74, 6) is 0.609. The van der Waals surface area contributed by atoms with Crippen molar-refractivity contribution < 1.29 is 8.78 Å². The fourth-order valence-electron chi connectivity index (χ4n) is 1.37. The standard InChI is InChI=1S/C8H11BrF2/c9-5-6-1-3-7(4-2-6)8(10)11/h6H,1-5H2. The van der Waals surface area contributed by atoms with E-state index in [9.17, 15) is 8.78 Å². The normalized spacial score (nSPS) is 25.4. The lowest BCUT2D eigenvalue weighted by molar-refractivity contribution is 0.373. The molecule has 1 aliphatic carbocycles. The van der Waals surface area contributed by atoms with E-state index in [1.54, 1.807) is 0 Å². The zero-order valence-corrected chi connectivity index (χ0v) is 7.83. The fraction of sp³-hybridized carbons (Fsp3) is 0.750. The highest BCUT2D eigenvalue weighted by Gasteiger charge is 2.18. The predicted octanol–water partition coefficient (Wildman–Crippen LogP) is 3.72. The quantitative estimate of drug-likeness (QED) is 0.596. The van der Waals surface area contributed by atoms with Crippen LogP contribution in [0, 0.1) is 5.92 Å². The van der Waals surface area contributed by atoms with Crippen LogP contribution < -0.4 is 0 Å². The largest absolute Gasteiger partial charge is 0.269 e. The first-order chi connectivity index (χ1) is 5.24. The summed E-state index contributed by atoms with van der Waals surface area (Å²) in [5, 5.41) is 0.953. The lowest BCUT2D eigenvalue weighted by atomic mass is 9.88. The molecule has 0 aromatic carbocycles. The van der Waals surface area contributed by atoms with Crippen LogP contribution in [0.3, 0.4) is 0 Å². The molecule has 0 aliphatic heterocycles. The first kappa shape index (κ1) is 9.17. The van der Waals surface area contributed by atoms with Crippen molar-refractivity contribution in [2.24, 2.45) is 5.92 Å². The highest BCUT2D eigenvalue weighted by Crippen LogP contribution is 2.31. The minimum absolute atomic E-state index is 0.377. The van der Waals surface area contributed by atoms with Gasteiger partial charge >= 0.3 is 0 Å². The maximum absolute atomic E-state index is 12.0. The van der Waals surface area contributed by atoms with Crippen LogP contribution in [0.1, 0.15) is 25.7 Å². The van der Waals surface area contributed by atoms with Gasteiger partial charge in [-0.05, 0) is 37.2 Å². The topological polar surface area (TPSA) is 0 Å². The number of hydrogen-bond acceptors (Lipinski definition) is 0. The number of alkyl halides is 1. The second-order valence-corrected chi connectivity index (χ2v) is 3.61. The lowest BCUT2D eigenvalue weighted by Gasteiger charge is -2.20. The monoisotopic (exact) mass is 224 g/mol. The number of rotatable bonds is 1. The van der Waals surface area contributed by atoms with Crippen molar-refractivity contribution in [3.05, 3.63) is 11.7 Å². The average Bonchev–Trinajstić information content (AvgIpc) is 2.05. The molecular weight excluding hydrogens is 214 g/mol. The molecule has 0 aromatic heterocycles. The smallest absolute Gasteiger partial charge is 0.173 e. The molecule has 0 unspecified atom stereocenters. The first-order valence-corrected chi connectivity index (χ1v) is 4.95. The zero-order chi connectivity index (χ0) is 8.27. The van der Waals surface area contributed by atoms with E-state index in [4.69, 9.17) is 0 Å². The van der Waals surface area contributed by atoms with Crippen LogP contribution in [0.5, 0.6) is 0 Å². The van der Waals surface area contributed by atoms with Gasteiger partial charge in [0.15, 0.2) is 0 Å². The van der Waals surface area contributed by atoms with Crippen LogP contribution in [0.25, 0.3) is 0 Å². The number of allylic oxidation sites excluding steroid dienone is 1. The van der Waals surface area contributed by atoms with Crippen molar-refractivity contribution in [1.82, 2.24) is 0 Å². The summed E-state index contributed by atoms with van der Waals surface area (Å²) in [6.45, 7) is 0. The van der Waals surface area contributed by atoms with Gasteiger partial charge in [0.05, 0.1) is 0 Å². The molecule has 0 aromatic rings. The Bertz CT molecular complexity index is 151. The van der Waals surface area contributed by atoms with E-state index < -0.39 is 6.08 Å². The SMILES string of the molecule is FC(F)=C1CCC(CBr)CC1. The Morgan fingerprint density at radius 1 is 1.36 bits per heavy atom. The molecule has 0 nitrogen and oxygen atoms in total. The zero-order valence-electron chi connectivity index (χ0n) is 6.25. The van der Waals surface area contributed by atoms with Crippen molar-refractivity contribution >= 4 is 15.9 Å². The number of hydrogen-bond donors (Lipinski definition) is 0. The molecule has 0 heterocycles. The second-order valence-electron chi connectivity index (χ2n) is 2.96. The van der Waals surface area contributed by atoms with Crippen LogP contribution in [0.2, 0.25) is 0 Å². The van der Waals surface area contributed by atoms with Crippen molar-refractivity contribution in [2.45, 2.75) is 25.7 Å². The Labute approximate surface area is 73.8 Å². The molecule has 1 rings (SSSR count). The molecule has 1 aliphatic rings. The van der Waals surface area contributed by atoms with Crippen molar-refractivity contribution in [3.8, 4) is 0 Å². The van der Waals surface area contributed by atoms with E-state index in [1.165, 1.54) is 0 Å². The van der Waals surface area contributed by atoms with Crippen LogP contribution in [-0.2, 0) is 0 Å². The van der Waals surface area contributed by atoms with Crippen LogP contribution >= 0.6 is 15.9 Å². The van der Waals surface area contributed by atoms with Crippen molar-refractivity contribution in [1.29, 1.82) is 0 Å². The molecule has 0 radical (unpaired) electrons. The molecule has 0 saturated heterocycles. The Morgan fingerprint density at radius 2 is 1.91 bits per heavy atom.